The molecule has 2 aromatic carbocycles. The number of aliphatic carboxylic acids is 1. The number of fused-ring (bicyclic) bond motifs is 3. The molecule has 1 atom stereocenters. The first-order valence-corrected chi connectivity index (χ1v) is 13.6. The van der Waals surface area contributed by atoms with Crippen molar-refractivity contribution in [2.75, 3.05) is 7.11 Å². The van der Waals surface area contributed by atoms with Crippen molar-refractivity contribution in [1.82, 2.24) is 4.90 Å². The zero-order valence-electron chi connectivity index (χ0n) is 20.0. The van der Waals surface area contributed by atoms with Gasteiger partial charge in [-0.1, -0.05) is 0 Å². The number of ether oxygens (including phenoxy) is 2. The Hall–Kier alpha value is -2.79. The normalized spacial score (nSPS) is 13.9. The first kappa shape index (κ1) is 25.8. The van der Waals surface area contributed by atoms with Crippen LogP contribution in [0.1, 0.15) is 57.2 Å². The van der Waals surface area contributed by atoms with Crippen molar-refractivity contribution in [2.24, 2.45) is 0 Å². The van der Waals surface area contributed by atoms with E-state index in [1.54, 1.807) is 0 Å². The second-order valence-electron chi connectivity index (χ2n) is 9.17. The molecule has 7 nitrogen and oxygen atoms in total. The van der Waals surface area contributed by atoms with E-state index in [4.69, 9.17) is 9.47 Å². The third-order valence-electron chi connectivity index (χ3n) is 5.61. The molecule has 0 saturated carbocycles. The third-order valence-corrected chi connectivity index (χ3v) is 7.47. The third kappa shape index (κ3) is 6.01. The Kier molecular flexibility index (Phi) is 8.42. The number of benzene rings is 2. The van der Waals surface area contributed by atoms with Crippen molar-refractivity contribution in [3.05, 3.63) is 59.7 Å². The monoisotopic (exact) mass is 528 g/mol. The van der Waals surface area contributed by atoms with Crippen LogP contribution in [0.4, 0.5) is 9.59 Å². The molecule has 1 radical (unpaired) electrons. The van der Waals surface area contributed by atoms with Gasteiger partial charge in [-0.25, -0.2) is 0 Å². The van der Waals surface area contributed by atoms with E-state index in [-0.39, 0.29) is 11.2 Å². The second-order valence-corrected chi connectivity index (χ2v) is 11.5. The van der Waals surface area contributed by atoms with Gasteiger partial charge in [0.25, 0.3) is 0 Å². The van der Waals surface area contributed by atoms with Crippen LogP contribution in [0.3, 0.4) is 0 Å². The number of unbranched alkanes of at least 4 members (excludes halogenated alkanes) is 1. The maximum absolute atomic E-state index is 13.0. The first-order chi connectivity index (χ1) is 16.1. The van der Waals surface area contributed by atoms with Crippen molar-refractivity contribution < 1.29 is 29.0 Å². The van der Waals surface area contributed by atoms with Crippen molar-refractivity contribution >= 4 is 32.6 Å². The van der Waals surface area contributed by atoms with E-state index < -0.39 is 45.5 Å². The average molecular weight is 528 g/mol. The molecule has 1 aliphatic rings. The fourth-order valence-electron chi connectivity index (χ4n) is 4.24. The average Bonchev–Trinajstić information content (AvgIpc) is 3.11. The molecule has 0 heterocycles. The van der Waals surface area contributed by atoms with Gasteiger partial charge in [0.05, 0.1) is 0 Å². The van der Waals surface area contributed by atoms with Gasteiger partial charge in [0, 0.05) is 0 Å². The van der Waals surface area contributed by atoms with E-state index in [0.717, 1.165) is 22.3 Å². The quantitative estimate of drug-likeness (QED) is 0.341. The Morgan fingerprint density at radius 3 is 2.06 bits per heavy atom. The van der Waals surface area contributed by atoms with Crippen LogP contribution in [0.15, 0.2) is 48.5 Å². The maximum atomic E-state index is 13.0. The van der Waals surface area contributed by atoms with E-state index in [1.165, 1.54) is 12.0 Å². The summed E-state index contributed by atoms with van der Waals surface area (Å²) in [5.74, 6) is -1.08. The number of hydrogen-bond donors (Lipinski definition) is 1. The summed E-state index contributed by atoms with van der Waals surface area (Å²) in [6, 6.07) is 13.9. The van der Waals surface area contributed by atoms with E-state index in [2.05, 4.69) is 0 Å². The number of amides is 1. The molecule has 0 saturated heterocycles. The predicted molar refractivity (Wildman–Crippen MR) is 130 cm³/mol. The van der Waals surface area contributed by atoms with Crippen molar-refractivity contribution in [3.8, 4) is 11.1 Å². The molecule has 1 amide bonds. The van der Waals surface area contributed by atoms with Crippen molar-refractivity contribution in [2.45, 2.75) is 62.9 Å². The number of methoxy groups -OCH3 is 1. The van der Waals surface area contributed by atoms with Gasteiger partial charge < -0.3 is 0 Å². The van der Waals surface area contributed by atoms with Crippen LogP contribution in [0.5, 0.6) is 0 Å². The van der Waals surface area contributed by atoms with Gasteiger partial charge in [0.1, 0.15) is 0 Å². The van der Waals surface area contributed by atoms with E-state index in [9.17, 15) is 19.5 Å². The van der Waals surface area contributed by atoms with Crippen molar-refractivity contribution in [3.63, 3.8) is 0 Å². The Morgan fingerprint density at radius 2 is 1.56 bits per heavy atom. The van der Waals surface area contributed by atoms with E-state index in [1.807, 2.05) is 69.3 Å². The second kappa shape index (κ2) is 11.1. The fourth-order valence-corrected chi connectivity index (χ4v) is 6.14. The van der Waals surface area contributed by atoms with Crippen LogP contribution in [0, 0.1) is 0 Å². The molecule has 3 rings (SSSR count). The zero-order valence-corrected chi connectivity index (χ0v) is 21.9. The van der Waals surface area contributed by atoms with Gasteiger partial charge in [-0.3, -0.25) is 0 Å². The first-order valence-electron chi connectivity index (χ1n) is 11.3. The number of carbonyl (C=O) groups excluding carboxylic acids is 2. The molecule has 0 aromatic heterocycles. The molecule has 0 fully saturated rings. The Labute approximate surface area is 207 Å². The number of rotatable bonds is 9. The zero-order chi connectivity index (χ0) is 24.9. The summed E-state index contributed by atoms with van der Waals surface area (Å²) >= 11 is -0.622. The van der Waals surface area contributed by atoms with Gasteiger partial charge in [0.2, 0.25) is 0 Å². The van der Waals surface area contributed by atoms with E-state index in [0.29, 0.717) is 18.1 Å². The predicted octanol–water partition coefficient (Wildman–Crippen LogP) is 5.51. The molecule has 34 heavy (non-hydrogen) atoms. The summed E-state index contributed by atoms with van der Waals surface area (Å²) in [6.45, 7) is 5.51. The summed E-state index contributed by atoms with van der Waals surface area (Å²) in [6.07, 6.45) is 0.846. The minimum absolute atomic E-state index is 0.172. The number of carboxylic acids is 1. The Bertz CT molecular complexity index is 1000. The number of nitrogens with zero attached hydrogens (tertiary/aromatic N) is 1. The molecular formula is C26H31AsNO6. The Morgan fingerprint density at radius 1 is 1.00 bits per heavy atom. The molecule has 0 unspecified atom stereocenters. The number of hydrogen-bond acceptors (Lipinski definition) is 5. The van der Waals surface area contributed by atoms with Crippen molar-refractivity contribution in [1.29, 1.82) is 0 Å². The summed E-state index contributed by atoms with van der Waals surface area (Å²) in [5, 5.41) is 10.8. The summed E-state index contributed by atoms with van der Waals surface area (Å²) in [4.78, 5) is 38.6. The topological polar surface area (TPSA) is 93.1 Å². The standard InChI is InChI=1S/C26H31AsNO6/c1-26(2,3)34-24(31)27-16-10-9-15-21(23(29)30)28(25(32)33-4)22-19-13-7-5-11-17(19)18-12-6-8-14-20(18)22/h5-8,11-14,21-22H,9-10,15-16H2,1-4H3,(H,29,30)/t21-/m0/s1. The summed E-state index contributed by atoms with van der Waals surface area (Å²) < 4.78 is 10.2. The summed E-state index contributed by atoms with van der Waals surface area (Å²) in [5.41, 5.74) is 3.24. The molecule has 8 heteroatoms. The van der Waals surface area contributed by atoms with Gasteiger partial charge in [-0.15, -0.1) is 0 Å². The fraction of sp³-hybridized carbons (Fsp3) is 0.423. The van der Waals surface area contributed by atoms with Crippen LogP contribution < -0.4 is 0 Å². The van der Waals surface area contributed by atoms with Crippen LogP contribution in [-0.2, 0) is 14.3 Å². The molecule has 2 aromatic rings. The SMILES string of the molecule is COC(=O)N(C1c2ccccc2-c2ccccc21)[C@@H](CCCC[As]C(=O)OC(C)(C)C)C(=O)O. The molecule has 0 spiro atoms. The van der Waals surface area contributed by atoms with Crippen LogP contribution >= 0.6 is 0 Å². The van der Waals surface area contributed by atoms with E-state index >= 15 is 0 Å². The van der Waals surface area contributed by atoms with Gasteiger partial charge in [0.15, 0.2) is 0 Å². The number of carboxylic acid groups (broad SMARTS) is 1. The summed E-state index contributed by atoms with van der Waals surface area (Å²) in [7, 11) is 1.27. The molecular weight excluding hydrogens is 497 g/mol. The molecule has 1 aliphatic carbocycles. The Balaban J connectivity index is 1.78. The molecule has 0 aliphatic heterocycles. The molecule has 0 bridgehead atoms. The van der Waals surface area contributed by atoms with Gasteiger partial charge >= 0.3 is 207 Å². The number of carbonyl (C=O) groups is 3. The molecule has 1 N–H and O–H groups in total. The van der Waals surface area contributed by atoms with Crippen LogP contribution in [-0.4, -0.2) is 61.3 Å². The van der Waals surface area contributed by atoms with Gasteiger partial charge in [-0.05, 0) is 0 Å². The van der Waals surface area contributed by atoms with Gasteiger partial charge in [-0.2, -0.15) is 0 Å². The van der Waals surface area contributed by atoms with Crippen LogP contribution in [0.25, 0.3) is 11.1 Å². The minimum atomic E-state index is -1.08. The molecule has 181 valence electrons. The van der Waals surface area contributed by atoms with Crippen LogP contribution in [0.2, 0.25) is 5.21 Å².